The predicted octanol–water partition coefficient (Wildman–Crippen LogP) is 3.01. The Morgan fingerprint density at radius 1 is 1.19 bits per heavy atom. The molecule has 0 aromatic heterocycles. The minimum Gasteiger partial charge on any atom is -0.497 e. The van der Waals surface area contributed by atoms with Gasteiger partial charge in [0.15, 0.2) is 0 Å². The Labute approximate surface area is 125 Å². The smallest absolute Gasteiger partial charge is 0.255 e. The van der Waals surface area contributed by atoms with E-state index in [2.05, 4.69) is 5.32 Å². The van der Waals surface area contributed by atoms with Gasteiger partial charge in [-0.25, -0.2) is 0 Å². The molecule has 4 nitrogen and oxygen atoms in total. The molecule has 21 heavy (non-hydrogen) atoms. The molecular formula is C17H20N2O2. The van der Waals surface area contributed by atoms with Crippen molar-refractivity contribution in [3.05, 3.63) is 59.7 Å². The van der Waals surface area contributed by atoms with E-state index in [9.17, 15) is 4.79 Å². The van der Waals surface area contributed by atoms with Crippen molar-refractivity contribution in [2.45, 2.75) is 6.54 Å². The zero-order chi connectivity index (χ0) is 15.2. The number of hydrogen-bond donors (Lipinski definition) is 1. The molecule has 0 radical (unpaired) electrons. The minimum absolute atomic E-state index is 0.0113. The second-order valence-corrected chi connectivity index (χ2v) is 4.81. The molecule has 2 rings (SSSR count). The van der Waals surface area contributed by atoms with Crippen molar-refractivity contribution in [2.75, 3.05) is 26.5 Å². The molecular weight excluding hydrogens is 264 g/mol. The zero-order valence-corrected chi connectivity index (χ0v) is 12.6. The number of amides is 1. The summed E-state index contributed by atoms with van der Waals surface area (Å²) in [5, 5.41) is 3.05. The lowest BCUT2D eigenvalue weighted by Crippen LogP contribution is -2.26. The molecule has 110 valence electrons. The Bertz CT molecular complexity index is 626. The number of benzene rings is 2. The Kier molecular flexibility index (Phi) is 4.82. The molecule has 0 aliphatic rings. The van der Waals surface area contributed by atoms with Crippen LogP contribution in [0.3, 0.4) is 0 Å². The molecule has 0 spiro atoms. The van der Waals surface area contributed by atoms with Crippen LogP contribution in [0.2, 0.25) is 0 Å². The third-order valence-corrected chi connectivity index (χ3v) is 3.33. The van der Waals surface area contributed by atoms with Crippen molar-refractivity contribution < 1.29 is 9.53 Å². The predicted molar refractivity (Wildman–Crippen MR) is 84.8 cm³/mol. The van der Waals surface area contributed by atoms with Gasteiger partial charge in [-0.3, -0.25) is 4.79 Å². The van der Waals surface area contributed by atoms with E-state index in [1.165, 1.54) is 0 Å². The molecule has 0 aliphatic carbocycles. The molecule has 2 aromatic rings. The fourth-order valence-electron chi connectivity index (χ4n) is 2.21. The number of rotatable bonds is 5. The third-order valence-electron chi connectivity index (χ3n) is 3.33. The topological polar surface area (TPSA) is 41.6 Å². The van der Waals surface area contributed by atoms with Gasteiger partial charge in [0.2, 0.25) is 0 Å². The number of nitrogens with one attached hydrogen (secondary N) is 1. The molecule has 1 N–H and O–H groups in total. The van der Waals surface area contributed by atoms with Gasteiger partial charge in [-0.15, -0.1) is 0 Å². The Balaban J connectivity index is 2.15. The summed E-state index contributed by atoms with van der Waals surface area (Å²) in [4.78, 5) is 14.2. The summed E-state index contributed by atoms with van der Waals surface area (Å²) in [7, 11) is 5.25. The van der Waals surface area contributed by atoms with Gasteiger partial charge in [0, 0.05) is 26.3 Å². The van der Waals surface area contributed by atoms with E-state index in [0.717, 1.165) is 17.0 Å². The van der Waals surface area contributed by atoms with Crippen LogP contribution in [0, 0.1) is 0 Å². The maximum Gasteiger partial charge on any atom is 0.255 e. The first-order valence-electron chi connectivity index (χ1n) is 6.81. The maximum absolute atomic E-state index is 12.5. The average Bonchev–Trinajstić information content (AvgIpc) is 2.54. The van der Waals surface area contributed by atoms with Crippen molar-refractivity contribution in [1.82, 2.24) is 4.90 Å². The molecule has 2 aromatic carbocycles. The lowest BCUT2D eigenvalue weighted by Gasteiger charge is -2.19. The molecule has 1 amide bonds. The molecule has 4 heteroatoms. The highest BCUT2D eigenvalue weighted by Gasteiger charge is 2.15. The number of anilines is 1. The quantitative estimate of drug-likeness (QED) is 0.917. The van der Waals surface area contributed by atoms with Crippen LogP contribution >= 0.6 is 0 Å². The van der Waals surface area contributed by atoms with Gasteiger partial charge in [-0.2, -0.15) is 0 Å². The van der Waals surface area contributed by atoms with E-state index < -0.39 is 0 Å². The molecule has 0 unspecified atom stereocenters. The van der Waals surface area contributed by atoms with Crippen LogP contribution in [0.25, 0.3) is 0 Å². The molecule has 0 atom stereocenters. The summed E-state index contributed by atoms with van der Waals surface area (Å²) in [6.07, 6.45) is 0. The van der Waals surface area contributed by atoms with E-state index in [1.54, 1.807) is 19.1 Å². The van der Waals surface area contributed by atoms with E-state index in [0.29, 0.717) is 12.1 Å². The average molecular weight is 284 g/mol. The van der Waals surface area contributed by atoms with E-state index in [4.69, 9.17) is 4.74 Å². The van der Waals surface area contributed by atoms with Gasteiger partial charge in [-0.1, -0.05) is 24.3 Å². The van der Waals surface area contributed by atoms with Crippen LogP contribution in [-0.2, 0) is 6.54 Å². The summed E-state index contributed by atoms with van der Waals surface area (Å²) in [5.74, 6) is 0.784. The van der Waals surface area contributed by atoms with E-state index in [1.807, 2.05) is 55.6 Å². The summed E-state index contributed by atoms with van der Waals surface area (Å²) in [6.45, 7) is 0.536. The fourth-order valence-corrected chi connectivity index (χ4v) is 2.21. The van der Waals surface area contributed by atoms with Crippen LogP contribution < -0.4 is 10.1 Å². The zero-order valence-electron chi connectivity index (χ0n) is 12.6. The van der Waals surface area contributed by atoms with Gasteiger partial charge >= 0.3 is 0 Å². The highest BCUT2D eigenvalue weighted by atomic mass is 16.5. The van der Waals surface area contributed by atoms with Gasteiger partial charge in [-0.05, 0) is 29.8 Å². The SMILES string of the molecule is CNc1ccccc1C(=O)N(C)Cc1cccc(OC)c1. The van der Waals surface area contributed by atoms with Gasteiger partial charge in [0.25, 0.3) is 5.91 Å². The summed E-state index contributed by atoms with van der Waals surface area (Å²) >= 11 is 0. The Morgan fingerprint density at radius 3 is 2.67 bits per heavy atom. The van der Waals surface area contributed by atoms with Gasteiger partial charge in [0.1, 0.15) is 5.75 Å². The summed E-state index contributed by atoms with van der Waals surface area (Å²) < 4.78 is 5.20. The molecule has 0 aliphatic heterocycles. The third kappa shape index (κ3) is 3.54. The Morgan fingerprint density at radius 2 is 1.95 bits per heavy atom. The molecule has 0 heterocycles. The fraction of sp³-hybridized carbons (Fsp3) is 0.235. The highest BCUT2D eigenvalue weighted by Crippen LogP contribution is 2.18. The van der Waals surface area contributed by atoms with Crippen LogP contribution in [0.15, 0.2) is 48.5 Å². The molecule has 0 bridgehead atoms. The minimum atomic E-state index is -0.0113. The van der Waals surface area contributed by atoms with Crippen molar-refractivity contribution in [3.8, 4) is 5.75 Å². The van der Waals surface area contributed by atoms with Crippen LogP contribution in [0.4, 0.5) is 5.69 Å². The first kappa shape index (κ1) is 14.9. The monoisotopic (exact) mass is 284 g/mol. The molecule has 0 saturated heterocycles. The van der Waals surface area contributed by atoms with Gasteiger partial charge in [0.05, 0.1) is 12.7 Å². The Hall–Kier alpha value is -2.49. The van der Waals surface area contributed by atoms with Crippen molar-refractivity contribution in [1.29, 1.82) is 0 Å². The summed E-state index contributed by atoms with van der Waals surface area (Å²) in [5.41, 5.74) is 2.54. The van der Waals surface area contributed by atoms with Crippen LogP contribution in [-0.4, -0.2) is 32.0 Å². The second-order valence-electron chi connectivity index (χ2n) is 4.81. The summed E-state index contributed by atoms with van der Waals surface area (Å²) in [6, 6.07) is 15.2. The lowest BCUT2D eigenvalue weighted by atomic mass is 10.1. The second kappa shape index (κ2) is 6.79. The number of para-hydroxylation sites is 1. The number of carbonyl (C=O) groups excluding carboxylic acids is 1. The number of nitrogens with zero attached hydrogens (tertiary/aromatic N) is 1. The number of ether oxygens (including phenoxy) is 1. The number of carbonyl (C=O) groups is 1. The van der Waals surface area contributed by atoms with Gasteiger partial charge < -0.3 is 15.0 Å². The van der Waals surface area contributed by atoms with E-state index in [-0.39, 0.29) is 5.91 Å². The van der Waals surface area contributed by atoms with Crippen molar-refractivity contribution in [3.63, 3.8) is 0 Å². The molecule has 0 saturated carbocycles. The first-order chi connectivity index (χ1) is 10.2. The normalized spacial score (nSPS) is 10.0. The lowest BCUT2D eigenvalue weighted by molar-refractivity contribution is 0.0786. The maximum atomic E-state index is 12.5. The standard InChI is InChI=1S/C17H20N2O2/c1-18-16-10-5-4-9-15(16)17(20)19(2)12-13-7-6-8-14(11-13)21-3/h4-11,18H,12H2,1-3H3. The van der Waals surface area contributed by atoms with Crippen LogP contribution in [0.1, 0.15) is 15.9 Å². The van der Waals surface area contributed by atoms with Crippen molar-refractivity contribution >= 4 is 11.6 Å². The first-order valence-corrected chi connectivity index (χ1v) is 6.81. The highest BCUT2D eigenvalue weighted by molar-refractivity contribution is 5.99. The molecule has 0 fully saturated rings. The van der Waals surface area contributed by atoms with E-state index >= 15 is 0 Å². The number of methoxy groups -OCH3 is 1. The van der Waals surface area contributed by atoms with Crippen LogP contribution in [0.5, 0.6) is 5.75 Å². The number of hydrogen-bond acceptors (Lipinski definition) is 3. The van der Waals surface area contributed by atoms with Crippen molar-refractivity contribution in [2.24, 2.45) is 0 Å². The largest absolute Gasteiger partial charge is 0.497 e.